The fourth-order valence-electron chi connectivity index (χ4n) is 3.32. The minimum atomic E-state index is -0.431. The molecule has 1 fully saturated rings. The lowest BCUT2D eigenvalue weighted by Crippen LogP contribution is -2.53. The summed E-state index contributed by atoms with van der Waals surface area (Å²) >= 11 is 0. The third kappa shape index (κ3) is 3.42. The van der Waals surface area contributed by atoms with Gasteiger partial charge in [0.2, 0.25) is 11.8 Å². The molecule has 0 bridgehead atoms. The zero-order valence-corrected chi connectivity index (χ0v) is 15.6. The third-order valence-electron chi connectivity index (χ3n) is 4.67. The van der Waals surface area contributed by atoms with Crippen molar-refractivity contribution in [2.24, 2.45) is 0 Å². The van der Waals surface area contributed by atoms with E-state index >= 15 is 0 Å². The molecule has 1 aromatic carbocycles. The van der Waals surface area contributed by atoms with Gasteiger partial charge in [-0.1, -0.05) is 6.07 Å². The Kier molecular flexibility index (Phi) is 4.97. The summed E-state index contributed by atoms with van der Waals surface area (Å²) in [5, 5.41) is 4.39. The third-order valence-corrected chi connectivity index (χ3v) is 4.67. The van der Waals surface area contributed by atoms with Gasteiger partial charge >= 0.3 is 0 Å². The number of hydrogen-bond acceptors (Lipinski definition) is 4. The van der Waals surface area contributed by atoms with E-state index in [1.807, 2.05) is 51.1 Å². The van der Waals surface area contributed by atoms with Crippen molar-refractivity contribution in [1.29, 1.82) is 0 Å². The van der Waals surface area contributed by atoms with Crippen molar-refractivity contribution >= 4 is 17.5 Å². The van der Waals surface area contributed by atoms with E-state index in [1.165, 1.54) is 0 Å². The molecule has 7 heteroatoms. The number of carbonyl (C=O) groups excluding carboxylic acids is 2. The predicted octanol–water partition coefficient (Wildman–Crippen LogP) is 1.94. The summed E-state index contributed by atoms with van der Waals surface area (Å²) in [4.78, 5) is 28.7. The Balaban J connectivity index is 1.70. The highest BCUT2D eigenvalue weighted by molar-refractivity contribution is 5.98. The Morgan fingerprint density at radius 1 is 1.23 bits per heavy atom. The summed E-state index contributed by atoms with van der Waals surface area (Å²) in [6, 6.07) is 8.90. The summed E-state index contributed by atoms with van der Waals surface area (Å²) in [5.41, 5.74) is 2.60. The van der Waals surface area contributed by atoms with Gasteiger partial charge in [0.1, 0.15) is 18.3 Å². The van der Waals surface area contributed by atoms with E-state index < -0.39 is 6.04 Å². The van der Waals surface area contributed by atoms with Crippen LogP contribution in [0.4, 0.5) is 5.69 Å². The van der Waals surface area contributed by atoms with Gasteiger partial charge in [0.25, 0.3) is 0 Å². The molecule has 0 spiro atoms. The van der Waals surface area contributed by atoms with Crippen molar-refractivity contribution in [3.63, 3.8) is 0 Å². The molecule has 0 N–H and O–H groups in total. The van der Waals surface area contributed by atoms with Gasteiger partial charge in [0.05, 0.1) is 12.8 Å². The van der Waals surface area contributed by atoms with Gasteiger partial charge in [-0.25, -0.2) is 0 Å². The van der Waals surface area contributed by atoms with Crippen molar-refractivity contribution in [3.8, 4) is 5.75 Å². The number of hydrogen-bond donors (Lipinski definition) is 0. The van der Waals surface area contributed by atoms with E-state index in [2.05, 4.69) is 5.10 Å². The van der Waals surface area contributed by atoms with Gasteiger partial charge in [0, 0.05) is 30.5 Å². The smallest absolute Gasteiger partial charge is 0.247 e. The van der Waals surface area contributed by atoms with Crippen LogP contribution in [0.5, 0.6) is 5.75 Å². The largest absolute Gasteiger partial charge is 0.497 e. The van der Waals surface area contributed by atoms with E-state index in [0.717, 1.165) is 17.1 Å². The monoisotopic (exact) mass is 356 g/mol. The number of carbonyl (C=O) groups is 2. The maximum atomic E-state index is 12.8. The topological polar surface area (TPSA) is 67.7 Å². The Morgan fingerprint density at radius 2 is 2.00 bits per heavy atom. The quantitative estimate of drug-likeness (QED) is 0.840. The predicted molar refractivity (Wildman–Crippen MR) is 98.3 cm³/mol. The molecular weight excluding hydrogens is 332 g/mol. The number of methoxy groups -OCH3 is 1. The van der Waals surface area contributed by atoms with Crippen LogP contribution in [-0.2, 0) is 9.59 Å². The van der Waals surface area contributed by atoms with Gasteiger partial charge in [0.15, 0.2) is 0 Å². The Bertz CT molecular complexity index is 830. The summed E-state index contributed by atoms with van der Waals surface area (Å²) in [5.74, 6) is 0.514. The van der Waals surface area contributed by atoms with E-state index in [4.69, 9.17) is 4.74 Å². The van der Waals surface area contributed by atoms with E-state index in [9.17, 15) is 9.59 Å². The number of nitrogens with zero attached hydrogens (tertiary/aromatic N) is 4. The summed E-state index contributed by atoms with van der Waals surface area (Å²) in [6.45, 7) is 6.67. The molecule has 0 aliphatic carbocycles. The second kappa shape index (κ2) is 7.19. The summed E-state index contributed by atoms with van der Waals surface area (Å²) in [7, 11) is 1.60. The summed E-state index contributed by atoms with van der Waals surface area (Å²) in [6.07, 6.45) is 0. The molecule has 1 atom stereocenters. The van der Waals surface area contributed by atoms with Crippen molar-refractivity contribution in [1.82, 2.24) is 14.7 Å². The maximum Gasteiger partial charge on any atom is 0.247 e. The maximum absolute atomic E-state index is 12.8. The van der Waals surface area contributed by atoms with Crippen LogP contribution in [0.25, 0.3) is 0 Å². The molecule has 1 aliphatic heterocycles. The van der Waals surface area contributed by atoms with Crippen LogP contribution in [0.15, 0.2) is 30.3 Å². The second-order valence-corrected chi connectivity index (χ2v) is 6.55. The molecular formula is C19H24N4O3. The van der Waals surface area contributed by atoms with Crippen LogP contribution in [-0.4, -0.2) is 53.2 Å². The van der Waals surface area contributed by atoms with Crippen molar-refractivity contribution in [2.45, 2.75) is 26.8 Å². The lowest BCUT2D eigenvalue weighted by atomic mass is 10.2. The lowest BCUT2D eigenvalue weighted by Gasteiger charge is -2.35. The highest BCUT2D eigenvalue weighted by Gasteiger charge is 2.31. The van der Waals surface area contributed by atoms with Crippen LogP contribution in [0.3, 0.4) is 0 Å². The normalized spacial score (nSPS) is 15.9. The molecule has 2 aromatic rings. The molecule has 1 aromatic heterocycles. The van der Waals surface area contributed by atoms with Gasteiger partial charge in [-0.15, -0.1) is 0 Å². The fraction of sp³-hybridized carbons (Fsp3) is 0.421. The molecule has 2 heterocycles. The van der Waals surface area contributed by atoms with Gasteiger partial charge in [-0.3, -0.25) is 14.3 Å². The number of anilines is 1. The Labute approximate surface area is 153 Å². The van der Waals surface area contributed by atoms with Crippen LogP contribution in [0.1, 0.15) is 24.4 Å². The molecule has 1 saturated heterocycles. The van der Waals surface area contributed by atoms with E-state index in [-0.39, 0.29) is 18.4 Å². The van der Waals surface area contributed by atoms with Crippen molar-refractivity contribution in [3.05, 3.63) is 41.7 Å². The first-order valence-electron chi connectivity index (χ1n) is 8.66. The Morgan fingerprint density at radius 3 is 2.62 bits per heavy atom. The van der Waals surface area contributed by atoms with Crippen molar-refractivity contribution < 1.29 is 14.3 Å². The lowest BCUT2D eigenvalue weighted by molar-refractivity contribution is -0.139. The molecule has 0 saturated carbocycles. The van der Waals surface area contributed by atoms with E-state index in [1.54, 1.807) is 21.6 Å². The number of aryl methyl sites for hydroxylation is 2. The molecule has 7 nitrogen and oxygen atoms in total. The number of rotatable bonds is 4. The van der Waals surface area contributed by atoms with E-state index in [0.29, 0.717) is 18.8 Å². The van der Waals surface area contributed by atoms with Gasteiger partial charge < -0.3 is 14.5 Å². The minimum Gasteiger partial charge on any atom is -0.497 e. The second-order valence-electron chi connectivity index (χ2n) is 6.55. The zero-order valence-electron chi connectivity index (χ0n) is 15.6. The highest BCUT2D eigenvalue weighted by atomic mass is 16.5. The van der Waals surface area contributed by atoms with Crippen LogP contribution >= 0.6 is 0 Å². The molecule has 0 unspecified atom stereocenters. The highest BCUT2D eigenvalue weighted by Crippen LogP contribution is 2.23. The first kappa shape index (κ1) is 18.0. The molecule has 138 valence electrons. The zero-order chi connectivity index (χ0) is 18.8. The number of benzene rings is 1. The first-order valence-corrected chi connectivity index (χ1v) is 8.66. The van der Waals surface area contributed by atoms with Gasteiger partial charge in [-0.05, 0) is 39.0 Å². The fourth-order valence-corrected chi connectivity index (χ4v) is 3.32. The number of ether oxygens (including phenoxy) is 1. The summed E-state index contributed by atoms with van der Waals surface area (Å²) < 4.78 is 6.94. The number of amides is 2. The van der Waals surface area contributed by atoms with Crippen LogP contribution < -0.4 is 9.64 Å². The number of aromatic nitrogens is 2. The molecule has 2 amide bonds. The Hall–Kier alpha value is -2.83. The molecule has 1 aliphatic rings. The average Bonchev–Trinajstić information content (AvgIpc) is 2.98. The average molecular weight is 356 g/mol. The SMILES string of the molecule is COc1cccc(N2CCN(C(=O)[C@H](C)n3nc(C)cc3C)CC2=O)c1. The van der Waals surface area contributed by atoms with Gasteiger partial charge in [-0.2, -0.15) is 5.10 Å². The number of piperazine rings is 1. The molecule has 0 radical (unpaired) electrons. The molecule has 26 heavy (non-hydrogen) atoms. The first-order chi connectivity index (χ1) is 12.4. The van der Waals surface area contributed by atoms with Crippen molar-refractivity contribution in [2.75, 3.05) is 31.6 Å². The standard InChI is InChI=1S/C19H24N4O3/c1-13-10-14(2)23(20-13)15(3)19(25)21-8-9-22(18(24)12-21)16-6-5-7-17(11-16)26-4/h5-7,10-11,15H,8-9,12H2,1-4H3/t15-/m0/s1. The van der Waals surface area contributed by atoms with Crippen LogP contribution in [0, 0.1) is 13.8 Å². The minimum absolute atomic E-state index is 0.0691. The van der Waals surface area contributed by atoms with Crippen LogP contribution in [0.2, 0.25) is 0 Å². The molecule has 3 rings (SSSR count).